The zero-order valence-corrected chi connectivity index (χ0v) is 38.2. The lowest BCUT2D eigenvalue weighted by Crippen LogP contribution is -2.25. The van der Waals surface area contributed by atoms with Crippen LogP contribution >= 0.6 is 0 Å². The van der Waals surface area contributed by atoms with Gasteiger partial charge in [0.25, 0.3) is 0 Å². The molecular weight excluding hydrogens is 833 g/mol. The van der Waals surface area contributed by atoms with Crippen molar-refractivity contribution in [2.75, 3.05) is 9.80 Å². The van der Waals surface area contributed by atoms with Crippen LogP contribution in [0.15, 0.2) is 286 Å². The molecule has 0 bridgehead atoms. The number of para-hydroxylation sites is 2. The largest absolute Gasteiger partial charge is 0.317 e. The van der Waals surface area contributed by atoms with Gasteiger partial charge in [0, 0.05) is 34.6 Å². The predicted molar refractivity (Wildman–Crippen MR) is 291 cm³/mol. The average Bonchev–Trinajstić information content (AvgIpc) is 3.89. The van der Waals surface area contributed by atoms with Crippen LogP contribution in [0.1, 0.15) is 22.3 Å². The molecule has 0 aromatic heterocycles. The average molecular weight is 881 g/mol. The molecule has 0 radical (unpaired) electrons. The smallest absolute Gasteiger partial charge is 0.0725 e. The van der Waals surface area contributed by atoms with Crippen molar-refractivity contribution < 1.29 is 0 Å². The van der Waals surface area contributed by atoms with E-state index in [0.29, 0.717) is 0 Å². The minimum absolute atomic E-state index is 0.492. The van der Waals surface area contributed by atoms with Crippen LogP contribution in [0.25, 0.3) is 55.6 Å². The van der Waals surface area contributed by atoms with E-state index < -0.39 is 5.41 Å². The van der Waals surface area contributed by atoms with Crippen molar-refractivity contribution in [3.8, 4) is 55.6 Å². The lowest BCUT2D eigenvalue weighted by molar-refractivity contribution is 0.794. The third-order valence-electron chi connectivity index (χ3n) is 13.9. The molecule has 2 heteroatoms. The Balaban J connectivity index is 0.947. The molecular formula is C67H48N2. The van der Waals surface area contributed by atoms with Gasteiger partial charge < -0.3 is 9.80 Å². The molecule has 12 rings (SSSR count). The fraction of sp³-hybridized carbons (Fsp3) is 0.0149. The normalized spacial score (nSPS) is 14.1. The van der Waals surface area contributed by atoms with Crippen LogP contribution in [-0.4, -0.2) is 0 Å². The maximum absolute atomic E-state index is 3.86. The van der Waals surface area contributed by atoms with E-state index in [1.165, 1.54) is 77.9 Å². The number of fused-ring (bicyclic) bond motifs is 10. The zero-order chi connectivity index (χ0) is 46.2. The Morgan fingerprint density at radius 3 is 1.39 bits per heavy atom. The van der Waals surface area contributed by atoms with Gasteiger partial charge >= 0.3 is 0 Å². The second kappa shape index (κ2) is 17.7. The first-order valence-electron chi connectivity index (χ1n) is 23.7. The molecule has 326 valence electrons. The van der Waals surface area contributed by atoms with Crippen molar-refractivity contribution in [2.24, 2.45) is 0 Å². The van der Waals surface area contributed by atoms with E-state index in [1.54, 1.807) is 6.08 Å². The summed E-state index contributed by atoms with van der Waals surface area (Å²) < 4.78 is 0. The zero-order valence-electron chi connectivity index (χ0n) is 38.2. The summed E-state index contributed by atoms with van der Waals surface area (Å²) in [5.74, 6) is 0. The molecule has 1 atom stereocenters. The lowest BCUT2D eigenvalue weighted by atomic mass is 9.70. The van der Waals surface area contributed by atoms with Gasteiger partial charge in [-0.25, -0.2) is 0 Å². The predicted octanol–water partition coefficient (Wildman–Crippen LogP) is 17.9. The van der Waals surface area contributed by atoms with Crippen LogP contribution in [0.2, 0.25) is 0 Å². The van der Waals surface area contributed by atoms with E-state index in [9.17, 15) is 0 Å². The summed E-state index contributed by atoms with van der Waals surface area (Å²) in [5.41, 5.74) is 22.7. The van der Waals surface area contributed by atoms with Crippen molar-refractivity contribution in [1.82, 2.24) is 0 Å². The van der Waals surface area contributed by atoms with Gasteiger partial charge in [0.05, 0.1) is 5.41 Å². The highest BCUT2D eigenvalue weighted by Gasteiger charge is 2.52. The van der Waals surface area contributed by atoms with E-state index in [1.807, 2.05) is 12.2 Å². The Morgan fingerprint density at radius 1 is 0.304 bits per heavy atom. The molecule has 2 aliphatic carbocycles. The highest BCUT2D eigenvalue weighted by Crippen LogP contribution is 2.64. The maximum atomic E-state index is 3.86. The van der Waals surface area contributed by atoms with Crippen molar-refractivity contribution in [1.29, 1.82) is 0 Å². The van der Waals surface area contributed by atoms with E-state index in [2.05, 4.69) is 277 Å². The van der Waals surface area contributed by atoms with Gasteiger partial charge in [-0.2, -0.15) is 0 Å². The third kappa shape index (κ3) is 7.13. The number of hydrogen-bond donors (Lipinski definition) is 0. The Labute approximate surface area is 405 Å². The van der Waals surface area contributed by atoms with E-state index >= 15 is 0 Å². The lowest BCUT2D eigenvalue weighted by Gasteiger charge is -2.31. The Morgan fingerprint density at radius 2 is 0.754 bits per heavy atom. The minimum atomic E-state index is -0.492. The topological polar surface area (TPSA) is 6.48 Å². The summed E-state index contributed by atoms with van der Waals surface area (Å²) in [7, 11) is 0. The monoisotopic (exact) mass is 880 g/mol. The number of rotatable bonds is 11. The Bertz CT molecular complexity index is 3500. The molecule has 0 amide bonds. The van der Waals surface area contributed by atoms with Crippen LogP contribution in [0, 0.1) is 0 Å². The number of benzene rings is 10. The van der Waals surface area contributed by atoms with Crippen molar-refractivity contribution in [3.05, 3.63) is 308 Å². The number of nitrogens with zero attached hydrogens (tertiary/aromatic N) is 2. The molecule has 10 aromatic carbocycles. The van der Waals surface area contributed by atoms with Gasteiger partial charge in [-0.3, -0.25) is 0 Å². The van der Waals surface area contributed by atoms with Crippen molar-refractivity contribution in [3.63, 3.8) is 0 Å². The van der Waals surface area contributed by atoms with Gasteiger partial charge in [0.15, 0.2) is 0 Å². The van der Waals surface area contributed by atoms with Crippen LogP contribution in [0.5, 0.6) is 0 Å². The number of anilines is 5. The fourth-order valence-electron chi connectivity index (χ4n) is 10.9. The molecule has 0 saturated heterocycles. The first-order chi connectivity index (χ1) is 34.2. The first-order valence-corrected chi connectivity index (χ1v) is 23.7. The molecule has 0 fully saturated rings. The van der Waals surface area contributed by atoms with Gasteiger partial charge in [0.1, 0.15) is 0 Å². The molecule has 0 saturated carbocycles. The molecule has 10 aromatic rings. The highest BCUT2D eigenvalue weighted by atomic mass is 15.1. The number of allylic oxidation sites excluding steroid dienone is 4. The van der Waals surface area contributed by atoms with Crippen LogP contribution in [0.3, 0.4) is 0 Å². The fourth-order valence-corrected chi connectivity index (χ4v) is 10.9. The Hall–Kier alpha value is -8.98. The van der Waals surface area contributed by atoms with Gasteiger partial charge in [-0.1, -0.05) is 207 Å². The van der Waals surface area contributed by atoms with Gasteiger partial charge in [0.2, 0.25) is 0 Å². The second-order valence-corrected chi connectivity index (χ2v) is 17.7. The van der Waals surface area contributed by atoms with Crippen LogP contribution in [-0.2, 0) is 5.41 Å². The molecule has 1 unspecified atom stereocenters. The summed E-state index contributed by atoms with van der Waals surface area (Å²) in [5, 5.41) is 0. The molecule has 0 aliphatic heterocycles. The van der Waals surface area contributed by atoms with Crippen LogP contribution in [0.4, 0.5) is 28.4 Å². The summed E-state index contributed by atoms with van der Waals surface area (Å²) in [6.45, 7) is 3.86. The summed E-state index contributed by atoms with van der Waals surface area (Å²) in [4.78, 5) is 4.56. The maximum Gasteiger partial charge on any atom is 0.0725 e. The highest BCUT2D eigenvalue weighted by molar-refractivity contribution is 6.00. The minimum Gasteiger partial charge on any atom is -0.317 e. The van der Waals surface area contributed by atoms with Gasteiger partial charge in [-0.05, 0) is 151 Å². The number of hydrogen-bond acceptors (Lipinski definition) is 2. The van der Waals surface area contributed by atoms with Crippen LogP contribution < -0.4 is 9.80 Å². The summed E-state index contributed by atoms with van der Waals surface area (Å²) >= 11 is 0. The van der Waals surface area contributed by atoms with E-state index in [4.69, 9.17) is 0 Å². The van der Waals surface area contributed by atoms with Gasteiger partial charge in [-0.15, -0.1) is 0 Å². The standard InChI is InChI=1S/C67H48N2/c1-2-3-4-18-46-68(53-39-32-49(33-40-53)48-20-8-5-9-21-48)54-41-36-51(37-42-54)58-28-19-31-64-66(58)61-27-15-17-30-63(61)67(64)62-29-16-14-26-59(62)60-45-38-52(47-65(60)67)50-34-43-57(44-35-50)69(55-22-10-6-11-23-55)56-24-12-7-13-25-56/h2-47H,1H2/b4-3-,46-18-. The van der Waals surface area contributed by atoms with E-state index in [0.717, 1.165) is 28.4 Å². The molecule has 1 spiro atoms. The molecule has 0 N–H and O–H groups in total. The Kier molecular flexibility index (Phi) is 10.6. The molecule has 69 heavy (non-hydrogen) atoms. The SMILES string of the molecule is C=C/C=C\C=C/N(c1ccc(-c2ccccc2)cc1)c1ccc(-c2cccc3c2-c2ccccc2C32c3ccccc3-c3ccc(-c4ccc(N(c5ccccc5)c5ccccc5)cc4)cc32)cc1. The summed E-state index contributed by atoms with van der Waals surface area (Å²) in [6, 6.07) is 90.9. The first kappa shape index (κ1) is 41.5. The summed E-state index contributed by atoms with van der Waals surface area (Å²) in [6.07, 6.45) is 9.94. The molecule has 2 aliphatic rings. The van der Waals surface area contributed by atoms with Crippen molar-refractivity contribution >= 4 is 28.4 Å². The molecule has 2 nitrogen and oxygen atoms in total. The van der Waals surface area contributed by atoms with Crippen molar-refractivity contribution in [2.45, 2.75) is 5.41 Å². The molecule has 0 heterocycles. The second-order valence-electron chi connectivity index (χ2n) is 17.7. The van der Waals surface area contributed by atoms with E-state index in [-0.39, 0.29) is 0 Å². The third-order valence-corrected chi connectivity index (χ3v) is 13.9. The quantitative estimate of drug-likeness (QED) is 0.119.